The molecule has 1 aromatic carbocycles. The molecule has 0 saturated heterocycles. The first kappa shape index (κ1) is 15.2. The van der Waals surface area contributed by atoms with Gasteiger partial charge in [-0.2, -0.15) is 4.98 Å². The summed E-state index contributed by atoms with van der Waals surface area (Å²) in [4.78, 5) is 20.2. The zero-order valence-corrected chi connectivity index (χ0v) is 13.2. The number of pyridine rings is 1. The summed E-state index contributed by atoms with van der Waals surface area (Å²) in [6.07, 6.45) is 3.32. The molecule has 0 unspecified atom stereocenters. The third kappa shape index (κ3) is 4.17. The quantitative estimate of drug-likeness (QED) is 0.725. The van der Waals surface area contributed by atoms with Crippen molar-refractivity contribution in [2.45, 2.75) is 12.1 Å². The minimum Gasteiger partial charge on any atom is -0.333 e. The average molecular weight is 326 g/mol. The van der Waals surface area contributed by atoms with Gasteiger partial charge in [-0.05, 0) is 41.9 Å². The van der Waals surface area contributed by atoms with Gasteiger partial charge in [0.15, 0.2) is 0 Å². The summed E-state index contributed by atoms with van der Waals surface area (Å²) < 4.78 is 5.16. The van der Waals surface area contributed by atoms with Crippen LogP contribution in [0.4, 0.5) is 5.69 Å². The normalized spacial score (nSPS) is 10.5. The third-order valence-electron chi connectivity index (χ3n) is 2.95. The van der Waals surface area contributed by atoms with E-state index in [1.165, 1.54) is 11.8 Å². The molecule has 7 heteroatoms. The predicted molar refractivity (Wildman–Crippen MR) is 88.1 cm³/mol. The maximum Gasteiger partial charge on any atom is 0.260 e. The molecule has 0 aliphatic heterocycles. The fraction of sp³-hybridized carbons (Fsp3) is 0.125. The fourth-order valence-corrected chi connectivity index (χ4v) is 2.49. The molecule has 1 amide bonds. The van der Waals surface area contributed by atoms with Gasteiger partial charge in [0.25, 0.3) is 5.89 Å². The van der Waals surface area contributed by atoms with Gasteiger partial charge < -0.3 is 9.84 Å². The number of hydrogen-bond donors (Lipinski definition) is 1. The molecule has 0 aliphatic carbocycles. The SMILES string of the molecule is Cc1cccc(NC(=O)CSc2noc(-c3cccnc3)n2)c1. The van der Waals surface area contributed by atoms with Crippen molar-refractivity contribution in [1.29, 1.82) is 0 Å². The molecule has 1 N–H and O–H groups in total. The number of aromatic nitrogens is 3. The number of anilines is 1. The molecule has 0 aliphatic rings. The molecule has 2 aromatic heterocycles. The maximum absolute atomic E-state index is 11.9. The van der Waals surface area contributed by atoms with E-state index in [1.807, 2.05) is 37.3 Å². The molecule has 3 rings (SSSR count). The minimum atomic E-state index is -0.117. The first-order valence-corrected chi connectivity index (χ1v) is 7.93. The Balaban J connectivity index is 1.56. The van der Waals surface area contributed by atoms with Crippen LogP contribution in [0.5, 0.6) is 0 Å². The molecular formula is C16H14N4O2S. The van der Waals surface area contributed by atoms with Crippen molar-refractivity contribution < 1.29 is 9.32 Å². The second-order valence-corrected chi connectivity index (χ2v) is 5.77. The standard InChI is InChI=1S/C16H14N4O2S/c1-11-4-2-6-13(8-11)18-14(21)10-23-16-19-15(22-20-16)12-5-3-7-17-9-12/h2-9H,10H2,1H3,(H,18,21). The summed E-state index contributed by atoms with van der Waals surface area (Å²) in [6.45, 7) is 1.98. The van der Waals surface area contributed by atoms with Gasteiger partial charge in [0.1, 0.15) is 0 Å². The number of nitrogens with one attached hydrogen (secondary N) is 1. The second-order valence-electron chi connectivity index (χ2n) is 4.83. The highest BCUT2D eigenvalue weighted by Gasteiger charge is 2.11. The molecule has 0 bridgehead atoms. The number of carbonyl (C=O) groups is 1. The zero-order chi connectivity index (χ0) is 16.1. The van der Waals surface area contributed by atoms with Crippen LogP contribution >= 0.6 is 11.8 Å². The molecule has 0 radical (unpaired) electrons. The Kier molecular flexibility index (Phi) is 4.68. The van der Waals surface area contributed by atoms with Crippen LogP contribution in [0.1, 0.15) is 5.56 Å². The lowest BCUT2D eigenvalue weighted by Crippen LogP contribution is -2.14. The summed E-state index contributed by atoms with van der Waals surface area (Å²) in [5.74, 6) is 0.480. The Bertz CT molecular complexity index is 805. The van der Waals surface area contributed by atoms with Crippen LogP contribution in [0.15, 0.2) is 58.5 Å². The summed E-state index contributed by atoms with van der Waals surface area (Å²) >= 11 is 1.22. The van der Waals surface area contributed by atoms with Crippen LogP contribution in [-0.2, 0) is 4.79 Å². The van der Waals surface area contributed by atoms with Crippen LogP contribution in [0.3, 0.4) is 0 Å². The summed E-state index contributed by atoms with van der Waals surface area (Å²) in [5, 5.41) is 7.11. The Hall–Kier alpha value is -2.67. The Morgan fingerprint density at radius 1 is 1.30 bits per heavy atom. The number of carbonyl (C=O) groups excluding carboxylic acids is 1. The largest absolute Gasteiger partial charge is 0.333 e. The van der Waals surface area contributed by atoms with Crippen molar-refractivity contribution in [3.05, 3.63) is 54.4 Å². The van der Waals surface area contributed by atoms with Crippen molar-refractivity contribution in [1.82, 2.24) is 15.1 Å². The average Bonchev–Trinajstić information content (AvgIpc) is 3.03. The number of nitrogens with zero attached hydrogens (tertiary/aromatic N) is 3. The number of thioether (sulfide) groups is 1. The monoisotopic (exact) mass is 326 g/mol. The lowest BCUT2D eigenvalue weighted by atomic mass is 10.2. The zero-order valence-electron chi connectivity index (χ0n) is 12.4. The highest BCUT2D eigenvalue weighted by Crippen LogP contribution is 2.20. The topological polar surface area (TPSA) is 80.9 Å². The van der Waals surface area contributed by atoms with Gasteiger partial charge in [-0.1, -0.05) is 23.9 Å². The minimum absolute atomic E-state index is 0.117. The lowest BCUT2D eigenvalue weighted by molar-refractivity contribution is -0.113. The number of rotatable bonds is 5. The number of amides is 1. The summed E-state index contributed by atoms with van der Waals surface area (Å²) in [6, 6.07) is 11.3. The molecule has 0 atom stereocenters. The van der Waals surface area contributed by atoms with Gasteiger partial charge >= 0.3 is 0 Å². The van der Waals surface area contributed by atoms with Gasteiger partial charge in [-0.15, -0.1) is 0 Å². The smallest absolute Gasteiger partial charge is 0.260 e. The fourth-order valence-electron chi connectivity index (χ4n) is 1.93. The highest BCUT2D eigenvalue weighted by molar-refractivity contribution is 7.99. The van der Waals surface area contributed by atoms with E-state index in [9.17, 15) is 4.79 Å². The number of benzene rings is 1. The van der Waals surface area contributed by atoms with E-state index in [0.29, 0.717) is 11.0 Å². The Labute approximate surface area is 137 Å². The predicted octanol–water partition coefficient (Wildman–Crippen LogP) is 3.17. The van der Waals surface area contributed by atoms with E-state index >= 15 is 0 Å². The molecule has 0 fully saturated rings. The van der Waals surface area contributed by atoms with Gasteiger partial charge in [-0.25, -0.2) is 0 Å². The Morgan fingerprint density at radius 2 is 2.22 bits per heavy atom. The van der Waals surface area contributed by atoms with Gasteiger partial charge in [-0.3, -0.25) is 9.78 Å². The lowest BCUT2D eigenvalue weighted by Gasteiger charge is -2.04. The molecular weight excluding hydrogens is 312 g/mol. The van der Waals surface area contributed by atoms with Crippen molar-refractivity contribution in [3.8, 4) is 11.5 Å². The van der Waals surface area contributed by atoms with Crippen molar-refractivity contribution in [2.24, 2.45) is 0 Å². The van der Waals surface area contributed by atoms with Crippen LogP contribution < -0.4 is 5.32 Å². The molecule has 6 nitrogen and oxygen atoms in total. The van der Waals surface area contributed by atoms with E-state index in [2.05, 4.69) is 20.4 Å². The molecule has 0 spiro atoms. The highest BCUT2D eigenvalue weighted by atomic mass is 32.2. The van der Waals surface area contributed by atoms with E-state index < -0.39 is 0 Å². The number of hydrogen-bond acceptors (Lipinski definition) is 6. The maximum atomic E-state index is 11.9. The molecule has 0 saturated carbocycles. The first-order valence-electron chi connectivity index (χ1n) is 6.94. The van der Waals surface area contributed by atoms with Crippen molar-refractivity contribution >= 4 is 23.4 Å². The molecule has 116 valence electrons. The van der Waals surface area contributed by atoms with E-state index in [4.69, 9.17) is 4.52 Å². The Morgan fingerprint density at radius 3 is 3.00 bits per heavy atom. The van der Waals surface area contributed by atoms with Crippen molar-refractivity contribution in [2.75, 3.05) is 11.1 Å². The van der Waals surface area contributed by atoms with Crippen LogP contribution in [0, 0.1) is 6.92 Å². The van der Waals surface area contributed by atoms with Crippen LogP contribution in [-0.4, -0.2) is 26.8 Å². The second kappa shape index (κ2) is 7.06. The van der Waals surface area contributed by atoms with Crippen LogP contribution in [0.25, 0.3) is 11.5 Å². The van der Waals surface area contributed by atoms with Gasteiger partial charge in [0, 0.05) is 18.1 Å². The first-order chi connectivity index (χ1) is 11.2. The van der Waals surface area contributed by atoms with E-state index in [-0.39, 0.29) is 11.7 Å². The van der Waals surface area contributed by atoms with Crippen LogP contribution in [0.2, 0.25) is 0 Å². The molecule has 3 aromatic rings. The molecule has 23 heavy (non-hydrogen) atoms. The van der Waals surface area contributed by atoms with Gasteiger partial charge in [0.05, 0.1) is 11.3 Å². The molecule has 2 heterocycles. The van der Waals surface area contributed by atoms with E-state index in [0.717, 1.165) is 16.8 Å². The van der Waals surface area contributed by atoms with Crippen molar-refractivity contribution in [3.63, 3.8) is 0 Å². The third-order valence-corrected chi connectivity index (χ3v) is 3.78. The number of aryl methyl sites for hydroxylation is 1. The van der Waals surface area contributed by atoms with E-state index in [1.54, 1.807) is 18.5 Å². The van der Waals surface area contributed by atoms with Gasteiger partial charge in [0.2, 0.25) is 11.1 Å². The summed E-state index contributed by atoms with van der Waals surface area (Å²) in [7, 11) is 0. The summed E-state index contributed by atoms with van der Waals surface area (Å²) in [5.41, 5.74) is 2.62.